The number of carbonyl (C=O) groups is 1. The van der Waals surface area contributed by atoms with E-state index in [1.54, 1.807) is 0 Å². The van der Waals surface area contributed by atoms with Crippen molar-refractivity contribution in [1.29, 1.82) is 0 Å². The van der Waals surface area contributed by atoms with Gasteiger partial charge in [0.2, 0.25) is 0 Å². The lowest BCUT2D eigenvalue weighted by Crippen LogP contribution is -2.55. The SMILES string of the molecule is O=C(O)N(CCCCCCCCCN1CCC2(CC1)CNCCO2)C[C@H](O)c1ccc(O)c2[nH]c(=O)sc12. The number of phenolic OH excluding ortho intramolecular Hbond substituents is 1. The maximum Gasteiger partial charge on any atom is 0.407 e. The van der Waals surface area contributed by atoms with Crippen LogP contribution in [0.3, 0.4) is 0 Å². The van der Waals surface area contributed by atoms with Gasteiger partial charge in [0.25, 0.3) is 0 Å². The Balaban J connectivity index is 1.08. The summed E-state index contributed by atoms with van der Waals surface area (Å²) in [6, 6.07) is 2.94. The first-order chi connectivity index (χ1) is 18.4. The fraction of sp³-hybridized carbons (Fsp3) is 0.704. The van der Waals surface area contributed by atoms with Crippen LogP contribution < -0.4 is 10.2 Å². The topological polar surface area (TPSA) is 138 Å². The van der Waals surface area contributed by atoms with E-state index in [0.717, 1.165) is 89.2 Å². The van der Waals surface area contributed by atoms with E-state index >= 15 is 0 Å². The number of H-pyrrole nitrogens is 1. The average Bonchev–Trinajstić information content (AvgIpc) is 3.31. The second kappa shape index (κ2) is 13.7. The van der Waals surface area contributed by atoms with Crippen LogP contribution in [0.15, 0.2) is 16.9 Å². The molecule has 1 aromatic carbocycles. The van der Waals surface area contributed by atoms with Crippen LogP contribution in [0.4, 0.5) is 4.79 Å². The van der Waals surface area contributed by atoms with E-state index in [4.69, 9.17) is 4.74 Å². The molecule has 0 aliphatic carbocycles. The number of ether oxygens (including phenoxy) is 1. The van der Waals surface area contributed by atoms with Crippen LogP contribution in [0, 0.1) is 0 Å². The maximum absolute atomic E-state index is 11.8. The number of aromatic nitrogens is 1. The summed E-state index contributed by atoms with van der Waals surface area (Å²) in [7, 11) is 0. The Morgan fingerprint density at radius 2 is 1.84 bits per heavy atom. The van der Waals surface area contributed by atoms with Gasteiger partial charge >= 0.3 is 11.0 Å². The summed E-state index contributed by atoms with van der Waals surface area (Å²) in [6.07, 6.45) is 7.64. The van der Waals surface area contributed by atoms with Crippen molar-refractivity contribution >= 4 is 27.6 Å². The fourth-order valence-electron chi connectivity index (χ4n) is 5.61. The fourth-order valence-corrected chi connectivity index (χ4v) is 6.53. The number of aromatic amines is 1. The third-order valence-corrected chi connectivity index (χ3v) is 8.85. The van der Waals surface area contributed by atoms with Gasteiger partial charge in [-0.05, 0) is 38.3 Å². The number of nitrogens with one attached hydrogen (secondary N) is 2. The van der Waals surface area contributed by atoms with Crippen molar-refractivity contribution in [2.75, 3.05) is 52.4 Å². The van der Waals surface area contributed by atoms with E-state index in [9.17, 15) is 24.9 Å². The van der Waals surface area contributed by atoms with Crippen molar-refractivity contribution in [3.8, 4) is 5.75 Å². The summed E-state index contributed by atoms with van der Waals surface area (Å²) in [4.78, 5) is 29.5. The summed E-state index contributed by atoms with van der Waals surface area (Å²) in [6.45, 7) is 6.47. The molecule has 2 fully saturated rings. The normalized spacial score (nSPS) is 18.7. The molecule has 2 saturated heterocycles. The third-order valence-electron chi connectivity index (χ3n) is 7.91. The maximum atomic E-state index is 11.8. The Kier molecular flexibility index (Phi) is 10.4. The highest BCUT2D eigenvalue weighted by Gasteiger charge is 2.36. The first kappa shape index (κ1) is 28.8. The minimum atomic E-state index is -1.09. The highest BCUT2D eigenvalue weighted by atomic mass is 32.1. The second-order valence-electron chi connectivity index (χ2n) is 10.7. The number of phenols is 1. The molecule has 10 nitrogen and oxygen atoms in total. The van der Waals surface area contributed by atoms with Crippen LogP contribution in [0.25, 0.3) is 10.2 Å². The van der Waals surface area contributed by atoms with Crippen LogP contribution in [-0.2, 0) is 4.74 Å². The summed E-state index contributed by atoms with van der Waals surface area (Å²) in [5.41, 5.74) is 0.788. The van der Waals surface area contributed by atoms with Gasteiger partial charge in [-0.25, -0.2) is 4.79 Å². The van der Waals surface area contributed by atoms with E-state index in [1.165, 1.54) is 36.3 Å². The molecule has 38 heavy (non-hydrogen) atoms. The van der Waals surface area contributed by atoms with Crippen molar-refractivity contribution in [2.24, 2.45) is 0 Å². The molecule has 0 bridgehead atoms. The Morgan fingerprint density at radius 1 is 1.13 bits per heavy atom. The summed E-state index contributed by atoms with van der Waals surface area (Å²) < 4.78 is 6.53. The molecule has 1 amide bonds. The van der Waals surface area contributed by atoms with Gasteiger partial charge in [0.15, 0.2) is 0 Å². The molecule has 0 radical (unpaired) electrons. The van der Waals surface area contributed by atoms with Gasteiger partial charge in [0, 0.05) is 38.3 Å². The van der Waals surface area contributed by atoms with Crippen molar-refractivity contribution in [3.63, 3.8) is 0 Å². The number of amides is 1. The Labute approximate surface area is 227 Å². The second-order valence-corrected chi connectivity index (χ2v) is 11.6. The van der Waals surface area contributed by atoms with Gasteiger partial charge < -0.3 is 40.2 Å². The molecule has 11 heteroatoms. The number of hydrogen-bond donors (Lipinski definition) is 5. The van der Waals surface area contributed by atoms with Gasteiger partial charge in [0.1, 0.15) is 11.3 Å². The third kappa shape index (κ3) is 7.69. The largest absolute Gasteiger partial charge is 0.506 e. The molecular weight excluding hydrogens is 508 g/mol. The average molecular weight is 551 g/mol. The molecule has 4 rings (SSSR count). The first-order valence-corrected chi connectivity index (χ1v) is 14.8. The molecule has 0 unspecified atom stereocenters. The number of morpholine rings is 1. The van der Waals surface area contributed by atoms with Crippen molar-refractivity contribution < 1.29 is 24.9 Å². The Hall–Kier alpha value is -2.18. The number of rotatable bonds is 13. The molecule has 212 valence electrons. The number of thiazole rings is 1. The van der Waals surface area contributed by atoms with E-state index in [1.807, 2.05) is 0 Å². The number of piperidine rings is 1. The monoisotopic (exact) mass is 550 g/mol. The molecule has 1 aromatic heterocycles. The number of hydrogen-bond acceptors (Lipinski definition) is 8. The molecule has 2 aliphatic rings. The van der Waals surface area contributed by atoms with Gasteiger partial charge in [-0.1, -0.05) is 49.5 Å². The van der Waals surface area contributed by atoms with E-state index < -0.39 is 12.2 Å². The van der Waals surface area contributed by atoms with E-state index in [0.29, 0.717) is 16.8 Å². The van der Waals surface area contributed by atoms with Gasteiger partial charge in [-0.15, -0.1) is 0 Å². The number of nitrogens with zero attached hydrogens (tertiary/aromatic N) is 2. The molecular formula is C27H42N4O6S. The zero-order valence-corrected chi connectivity index (χ0v) is 22.9. The van der Waals surface area contributed by atoms with Crippen LogP contribution in [0.1, 0.15) is 69.5 Å². The van der Waals surface area contributed by atoms with Crippen molar-refractivity contribution in [1.82, 2.24) is 20.1 Å². The Bertz CT molecular complexity index is 1090. The lowest BCUT2D eigenvalue weighted by Gasteiger charge is -2.44. The number of aliphatic hydroxyl groups excluding tert-OH is 1. The quantitative estimate of drug-likeness (QED) is 0.239. The number of benzene rings is 1. The van der Waals surface area contributed by atoms with Crippen molar-refractivity contribution in [2.45, 2.75) is 69.5 Å². The molecule has 2 aliphatic heterocycles. The first-order valence-electron chi connectivity index (χ1n) is 13.9. The minimum Gasteiger partial charge on any atom is -0.506 e. The summed E-state index contributed by atoms with van der Waals surface area (Å²) >= 11 is 0.895. The predicted octanol–water partition coefficient (Wildman–Crippen LogP) is 3.49. The minimum absolute atomic E-state index is 0.0728. The zero-order valence-electron chi connectivity index (χ0n) is 22.1. The predicted molar refractivity (Wildman–Crippen MR) is 148 cm³/mol. The Morgan fingerprint density at radius 3 is 2.53 bits per heavy atom. The number of aliphatic hydroxyl groups is 1. The number of carboxylic acid groups (broad SMARTS) is 1. The molecule has 1 spiro atoms. The van der Waals surface area contributed by atoms with E-state index in [-0.39, 0.29) is 28.3 Å². The lowest BCUT2D eigenvalue weighted by atomic mass is 9.90. The van der Waals surface area contributed by atoms with Crippen LogP contribution in [-0.4, -0.2) is 94.2 Å². The highest BCUT2D eigenvalue weighted by molar-refractivity contribution is 7.16. The van der Waals surface area contributed by atoms with Gasteiger partial charge in [-0.2, -0.15) is 0 Å². The summed E-state index contributed by atoms with van der Waals surface area (Å²) in [5, 5.41) is 33.7. The van der Waals surface area contributed by atoms with Crippen LogP contribution in [0.5, 0.6) is 5.75 Å². The highest BCUT2D eigenvalue weighted by Crippen LogP contribution is 2.32. The number of fused-ring (bicyclic) bond motifs is 1. The number of likely N-dealkylation sites (tertiary alicyclic amines) is 1. The standard InChI is InChI=1S/C27H42N4O6S/c32-21-9-8-20(24-23(21)29-25(34)38-24)22(33)18-31(26(35)36)14-7-5-3-1-2-4-6-13-30-15-10-27(11-16-30)19-28-12-17-37-27/h8-9,22,28,32-33H,1-7,10-19H2,(H,29,34)(H,35,36)/t22-/m0/s1. The summed E-state index contributed by atoms with van der Waals surface area (Å²) in [5.74, 6) is -0.0728. The molecule has 2 aromatic rings. The van der Waals surface area contributed by atoms with Gasteiger partial charge in [0.05, 0.1) is 29.6 Å². The van der Waals surface area contributed by atoms with Crippen LogP contribution in [0.2, 0.25) is 0 Å². The van der Waals surface area contributed by atoms with E-state index in [2.05, 4.69) is 15.2 Å². The molecule has 5 N–H and O–H groups in total. The molecule has 3 heterocycles. The number of aromatic hydroxyl groups is 1. The van der Waals surface area contributed by atoms with Gasteiger partial charge in [-0.3, -0.25) is 4.79 Å². The van der Waals surface area contributed by atoms with Crippen LogP contribution >= 0.6 is 11.3 Å². The molecule has 1 atom stereocenters. The smallest absolute Gasteiger partial charge is 0.407 e. The molecule has 0 saturated carbocycles. The van der Waals surface area contributed by atoms with Crippen molar-refractivity contribution in [3.05, 3.63) is 27.4 Å². The number of unbranched alkanes of at least 4 members (excludes halogenated alkanes) is 6. The lowest BCUT2D eigenvalue weighted by molar-refractivity contribution is -0.0996. The zero-order chi connectivity index (χ0) is 27.0.